The number of primary amides is 1. The fourth-order valence-electron chi connectivity index (χ4n) is 2.15. The third-order valence-corrected chi connectivity index (χ3v) is 3.25. The van der Waals surface area contributed by atoms with Gasteiger partial charge in [0.1, 0.15) is 11.5 Å². The summed E-state index contributed by atoms with van der Waals surface area (Å²) in [5, 5.41) is 0. The van der Waals surface area contributed by atoms with Gasteiger partial charge in [0.2, 0.25) is 5.91 Å². The molecule has 0 unspecified atom stereocenters. The summed E-state index contributed by atoms with van der Waals surface area (Å²) in [6.07, 6.45) is -3.35. The Bertz CT molecular complexity index is 468. The maximum absolute atomic E-state index is 12.6. The molecule has 1 saturated heterocycles. The Morgan fingerprint density at radius 1 is 1.32 bits per heavy atom. The van der Waals surface area contributed by atoms with E-state index < -0.39 is 11.9 Å². The van der Waals surface area contributed by atoms with Crippen LogP contribution in [0.2, 0.25) is 0 Å². The first-order valence-electron chi connectivity index (χ1n) is 5.96. The number of aromatic nitrogens is 1. The summed E-state index contributed by atoms with van der Waals surface area (Å²) in [6.45, 7) is 0.976. The van der Waals surface area contributed by atoms with Crippen LogP contribution in [-0.2, 0) is 11.0 Å². The normalized spacial score (nSPS) is 17.5. The molecule has 0 aromatic carbocycles. The van der Waals surface area contributed by atoms with Crippen molar-refractivity contribution < 1.29 is 18.0 Å². The zero-order valence-electron chi connectivity index (χ0n) is 10.2. The molecule has 19 heavy (non-hydrogen) atoms. The summed E-state index contributed by atoms with van der Waals surface area (Å²) in [4.78, 5) is 16.4. The number of hydrogen-bond acceptors (Lipinski definition) is 3. The van der Waals surface area contributed by atoms with Crippen LogP contribution in [0.25, 0.3) is 0 Å². The van der Waals surface area contributed by atoms with E-state index in [1.165, 1.54) is 6.07 Å². The largest absolute Gasteiger partial charge is 0.433 e. The summed E-state index contributed by atoms with van der Waals surface area (Å²) in [5.41, 5.74) is 4.31. The summed E-state index contributed by atoms with van der Waals surface area (Å²) < 4.78 is 37.7. The number of rotatable bonds is 2. The lowest BCUT2D eigenvalue weighted by atomic mass is 9.96. The van der Waals surface area contributed by atoms with E-state index in [0.717, 1.165) is 6.07 Å². The van der Waals surface area contributed by atoms with Gasteiger partial charge in [-0.2, -0.15) is 13.2 Å². The van der Waals surface area contributed by atoms with Gasteiger partial charge in [-0.3, -0.25) is 4.79 Å². The molecular weight excluding hydrogens is 259 g/mol. The predicted octanol–water partition coefficient (Wildman–Crippen LogP) is 1.80. The van der Waals surface area contributed by atoms with Gasteiger partial charge in [-0.1, -0.05) is 6.07 Å². The van der Waals surface area contributed by atoms with E-state index >= 15 is 0 Å². The van der Waals surface area contributed by atoms with Crippen LogP contribution < -0.4 is 10.6 Å². The van der Waals surface area contributed by atoms with Gasteiger partial charge in [0.25, 0.3) is 0 Å². The topological polar surface area (TPSA) is 59.2 Å². The molecule has 0 spiro atoms. The number of carbonyl (C=O) groups excluding carboxylic acids is 1. The van der Waals surface area contributed by atoms with Crippen molar-refractivity contribution in [2.24, 2.45) is 11.7 Å². The summed E-state index contributed by atoms with van der Waals surface area (Å²) in [5.74, 6) is -0.253. The Kier molecular flexibility index (Phi) is 3.64. The molecule has 2 rings (SSSR count). The third-order valence-electron chi connectivity index (χ3n) is 3.25. The van der Waals surface area contributed by atoms with E-state index in [4.69, 9.17) is 5.73 Å². The van der Waals surface area contributed by atoms with Gasteiger partial charge >= 0.3 is 6.18 Å². The maximum atomic E-state index is 12.6. The number of alkyl halides is 3. The second-order valence-corrected chi connectivity index (χ2v) is 4.54. The number of amides is 1. The molecule has 0 radical (unpaired) electrons. The van der Waals surface area contributed by atoms with Crippen molar-refractivity contribution in [2.75, 3.05) is 18.0 Å². The van der Waals surface area contributed by atoms with Crippen LogP contribution in [0.1, 0.15) is 18.5 Å². The van der Waals surface area contributed by atoms with Gasteiger partial charge in [0.15, 0.2) is 0 Å². The SMILES string of the molecule is NC(=O)C1CCN(c2cccc(C(F)(F)F)n2)CC1. The number of carbonyl (C=O) groups is 1. The second kappa shape index (κ2) is 5.07. The second-order valence-electron chi connectivity index (χ2n) is 4.54. The first-order valence-corrected chi connectivity index (χ1v) is 5.96. The molecule has 1 amide bonds. The number of pyridine rings is 1. The van der Waals surface area contributed by atoms with Crippen molar-refractivity contribution in [3.05, 3.63) is 23.9 Å². The van der Waals surface area contributed by atoms with Gasteiger partial charge in [0.05, 0.1) is 0 Å². The van der Waals surface area contributed by atoms with E-state index in [9.17, 15) is 18.0 Å². The first-order chi connectivity index (χ1) is 8.88. The van der Waals surface area contributed by atoms with Crippen LogP contribution in [0, 0.1) is 5.92 Å². The fourth-order valence-corrected chi connectivity index (χ4v) is 2.15. The van der Waals surface area contributed by atoms with E-state index in [0.29, 0.717) is 25.9 Å². The molecule has 104 valence electrons. The van der Waals surface area contributed by atoms with Crippen molar-refractivity contribution in [1.82, 2.24) is 4.98 Å². The molecule has 0 aliphatic carbocycles. The van der Waals surface area contributed by atoms with Crippen LogP contribution in [0.4, 0.5) is 19.0 Å². The van der Waals surface area contributed by atoms with E-state index in [1.807, 2.05) is 0 Å². The number of hydrogen-bond donors (Lipinski definition) is 1. The Morgan fingerprint density at radius 2 is 1.95 bits per heavy atom. The lowest BCUT2D eigenvalue weighted by molar-refractivity contribution is -0.141. The molecule has 2 heterocycles. The quantitative estimate of drug-likeness (QED) is 0.894. The number of anilines is 1. The number of halogens is 3. The van der Waals surface area contributed by atoms with Gasteiger partial charge < -0.3 is 10.6 Å². The summed E-state index contributed by atoms with van der Waals surface area (Å²) >= 11 is 0. The minimum absolute atomic E-state index is 0.193. The smallest absolute Gasteiger partial charge is 0.369 e. The lowest BCUT2D eigenvalue weighted by Crippen LogP contribution is -2.39. The molecule has 0 atom stereocenters. The van der Waals surface area contributed by atoms with Crippen molar-refractivity contribution in [3.8, 4) is 0 Å². The molecule has 4 nitrogen and oxygen atoms in total. The zero-order chi connectivity index (χ0) is 14.0. The van der Waals surface area contributed by atoms with Crippen molar-refractivity contribution in [1.29, 1.82) is 0 Å². The Labute approximate surface area is 108 Å². The monoisotopic (exact) mass is 273 g/mol. The minimum atomic E-state index is -4.44. The number of piperidine rings is 1. The molecule has 1 aliphatic heterocycles. The van der Waals surface area contributed by atoms with Crippen LogP contribution in [0.3, 0.4) is 0 Å². The highest BCUT2D eigenvalue weighted by Crippen LogP contribution is 2.29. The highest BCUT2D eigenvalue weighted by atomic mass is 19.4. The van der Waals surface area contributed by atoms with Crippen molar-refractivity contribution in [3.63, 3.8) is 0 Å². The molecule has 1 aromatic rings. The standard InChI is InChI=1S/C12H14F3N3O/c13-12(14,15)9-2-1-3-10(17-9)18-6-4-8(5-7-18)11(16)19/h1-3,8H,4-7H2,(H2,16,19). The lowest BCUT2D eigenvalue weighted by Gasteiger charge is -2.31. The van der Waals surface area contributed by atoms with Gasteiger partial charge in [0, 0.05) is 19.0 Å². The van der Waals surface area contributed by atoms with Crippen molar-refractivity contribution >= 4 is 11.7 Å². The molecule has 1 aromatic heterocycles. The summed E-state index contributed by atoms with van der Waals surface area (Å²) in [7, 11) is 0. The Morgan fingerprint density at radius 3 is 2.47 bits per heavy atom. The first kappa shape index (κ1) is 13.6. The van der Waals surface area contributed by atoms with Gasteiger partial charge in [-0.05, 0) is 25.0 Å². The average Bonchev–Trinajstić information content (AvgIpc) is 2.38. The Hall–Kier alpha value is -1.79. The maximum Gasteiger partial charge on any atom is 0.433 e. The highest BCUT2D eigenvalue weighted by molar-refractivity contribution is 5.76. The third kappa shape index (κ3) is 3.15. The molecule has 1 aliphatic rings. The highest BCUT2D eigenvalue weighted by Gasteiger charge is 2.33. The molecule has 0 bridgehead atoms. The molecule has 2 N–H and O–H groups in total. The predicted molar refractivity (Wildman–Crippen MR) is 63.4 cm³/mol. The van der Waals surface area contributed by atoms with Crippen LogP contribution in [-0.4, -0.2) is 24.0 Å². The molecule has 0 saturated carbocycles. The van der Waals surface area contributed by atoms with Gasteiger partial charge in [-0.15, -0.1) is 0 Å². The Balaban J connectivity index is 2.10. The molecule has 7 heteroatoms. The summed E-state index contributed by atoms with van der Waals surface area (Å²) in [6, 6.07) is 3.82. The van der Waals surface area contributed by atoms with Crippen LogP contribution in [0.5, 0.6) is 0 Å². The fraction of sp³-hybridized carbons (Fsp3) is 0.500. The van der Waals surface area contributed by atoms with E-state index in [1.54, 1.807) is 11.0 Å². The molecular formula is C12H14F3N3O. The average molecular weight is 273 g/mol. The molecule has 1 fully saturated rings. The van der Waals surface area contributed by atoms with Crippen LogP contribution >= 0.6 is 0 Å². The van der Waals surface area contributed by atoms with Crippen LogP contribution in [0.15, 0.2) is 18.2 Å². The number of nitrogens with zero attached hydrogens (tertiary/aromatic N) is 2. The van der Waals surface area contributed by atoms with E-state index in [-0.39, 0.29) is 17.6 Å². The van der Waals surface area contributed by atoms with Crippen molar-refractivity contribution in [2.45, 2.75) is 19.0 Å². The minimum Gasteiger partial charge on any atom is -0.369 e. The van der Waals surface area contributed by atoms with Gasteiger partial charge in [-0.25, -0.2) is 4.98 Å². The van der Waals surface area contributed by atoms with E-state index in [2.05, 4.69) is 4.98 Å². The number of nitrogens with two attached hydrogens (primary N) is 1. The zero-order valence-corrected chi connectivity index (χ0v) is 10.2.